The third kappa shape index (κ3) is 3.65. The normalized spacial score (nSPS) is 9.67. The van der Waals surface area contributed by atoms with Crippen molar-refractivity contribution < 1.29 is 9.90 Å². The molecule has 4 nitrogen and oxygen atoms in total. The quantitative estimate of drug-likeness (QED) is 0.656. The summed E-state index contributed by atoms with van der Waals surface area (Å²) in [6, 6.07) is 6.95. The van der Waals surface area contributed by atoms with Crippen LogP contribution in [0.2, 0.25) is 0 Å². The first kappa shape index (κ1) is 11.6. The maximum absolute atomic E-state index is 11.2. The Kier molecular flexibility index (Phi) is 4.20. The molecule has 1 aromatic carbocycles. The second kappa shape index (κ2) is 5.43. The maximum atomic E-state index is 11.2. The summed E-state index contributed by atoms with van der Waals surface area (Å²) in [6.07, 6.45) is 0.0807. The van der Waals surface area contributed by atoms with Gasteiger partial charge in [-0.05, 0) is 12.1 Å². The number of aliphatic hydroxyl groups is 1. The van der Waals surface area contributed by atoms with Crippen LogP contribution in [0.3, 0.4) is 0 Å². The van der Waals surface area contributed by atoms with E-state index in [0.29, 0.717) is 11.3 Å². The highest BCUT2D eigenvalue weighted by Gasteiger charge is 2.02. The van der Waals surface area contributed by atoms with Crippen LogP contribution in [0.5, 0.6) is 0 Å². The van der Waals surface area contributed by atoms with Crippen LogP contribution in [0.1, 0.15) is 12.0 Å². The lowest BCUT2D eigenvalue weighted by atomic mass is 10.2. The van der Waals surface area contributed by atoms with Crippen LogP contribution in [0.15, 0.2) is 24.3 Å². The minimum atomic E-state index is -0.238. The van der Waals surface area contributed by atoms with Crippen molar-refractivity contribution in [3.63, 3.8) is 0 Å². The number of thiocarbonyl (C=S) groups is 1. The molecule has 0 bridgehead atoms. The van der Waals surface area contributed by atoms with E-state index in [9.17, 15) is 4.79 Å². The highest BCUT2D eigenvalue weighted by atomic mass is 32.1. The van der Waals surface area contributed by atoms with Gasteiger partial charge in [0.1, 0.15) is 4.99 Å². The van der Waals surface area contributed by atoms with Crippen molar-refractivity contribution in [2.75, 3.05) is 11.9 Å². The molecule has 0 saturated carbocycles. The fourth-order valence-electron chi connectivity index (χ4n) is 1.08. The zero-order valence-electron chi connectivity index (χ0n) is 8.06. The summed E-state index contributed by atoms with van der Waals surface area (Å²) >= 11 is 4.81. The van der Waals surface area contributed by atoms with Gasteiger partial charge in [0.05, 0.1) is 13.0 Å². The van der Waals surface area contributed by atoms with Crippen LogP contribution in [0.25, 0.3) is 0 Å². The average molecular weight is 224 g/mol. The van der Waals surface area contributed by atoms with Gasteiger partial charge in [0.25, 0.3) is 0 Å². The predicted molar refractivity (Wildman–Crippen MR) is 62.7 cm³/mol. The predicted octanol–water partition coefficient (Wildman–Crippen LogP) is 0.642. The zero-order valence-corrected chi connectivity index (χ0v) is 8.88. The topological polar surface area (TPSA) is 75.3 Å². The van der Waals surface area contributed by atoms with Crippen LogP contribution in [-0.4, -0.2) is 22.6 Å². The SMILES string of the molecule is NC(=S)c1cccc(NC(=O)CCO)c1. The minimum Gasteiger partial charge on any atom is -0.396 e. The van der Waals surface area contributed by atoms with Crippen LogP contribution in [-0.2, 0) is 4.79 Å². The number of nitrogens with one attached hydrogen (secondary N) is 1. The number of carbonyl (C=O) groups is 1. The third-order valence-corrected chi connectivity index (χ3v) is 2.01. The number of aliphatic hydroxyl groups excluding tert-OH is 1. The first-order chi connectivity index (χ1) is 7.13. The van der Waals surface area contributed by atoms with Gasteiger partial charge in [-0.2, -0.15) is 0 Å². The molecule has 0 radical (unpaired) electrons. The van der Waals surface area contributed by atoms with Crippen molar-refractivity contribution in [1.29, 1.82) is 0 Å². The number of nitrogens with two attached hydrogens (primary N) is 1. The molecule has 0 fully saturated rings. The Balaban J connectivity index is 2.73. The molecule has 0 atom stereocenters. The van der Waals surface area contributed by atoms with Crippen LogP contribution in [0.4, 0.5) is 5.69 Å². The monoisotopic (exact) mass is 224 g/mol. The molecule has 1 rings (SSSR count). The molecule has 0 aromatic heterocycles. The van der Waals surface area contributed by atoms with Crippen LogP contribution in [0, 0.1) is 0 Å². The fraction of sp³-hybridized carbons (Fsp3) is 0.200. The Labute approximate surface area is 93.1 Å². The van der Waals surface area contributed by atoms with E-state index in [1.54, 1.807) is 24.3 Å². The molecule has 0 heterocycles. The fourth-order valence-corrected chi connectivity index (χ4v) is 1.20. The van der Waals surface area contributed by atoms with Gasteiger partial charge in [-0.15, -0.1) is 0 Å². The van der Waals surface area contributed by atoms with E-state index >= 15 is 0 Å². The minimum absolute atomic E-state index is 0.0807. The number of benzene rings is 1. The first-order valence-electron chi connectivity index (χ1n) is 4.44. The van der Waals surface area contributed by atoms with E-state index in [1.807, 2.05) is 0 Å². The Morgan fingerprint density at radius 2 is 2.27 bits per heavy atom. The van der Waals surface area contributed by atoms with E-state index in [0.717, 1.165) is 0 Å². The summed E-state index contributed by atoms with van der Waals surface area (Å²) in [5.74, 6) is -0.238. The van der Waals surface area contributed by atoms with Gasteiger partial charge in [-0.25, -0.2) is 0 Å². The lowest BCUT2D eigenvalue weighted by molar-refractivity contribution is -0.116. The highest BCUT2D eigenvalue weighted by molar-refractivity contribution is 7.80. The van der Waals surface area contributed by atoms with Crippen LogP contribution >= 0.6 is 12.2 Å². The Hall–Kier alpha value is -1.46. The molecule has 1 amide bonds. The molecular formula is C10H12N2O2S. The molecule has 0 unspecified atom stereocenters. The Morgan fingerprint density at radius 1 is 1.53 bits per heavy atom. The van der Waals surface area contributed by atoms with Crippen molar-refractivity contribution in [2.45, 2.75) is 6.42 Å². The summed E-state index contributed by atoms with van der Waals surface area (Å²) in [6.45, 7) is -0.166. The Morgan fingerprint density at radius 3 is 2.87 bits per heavy atom. The van der Waals surface area contributed by atoms with E-state index < -0.39 is 0 Å². The van der Waals surface area contributed by atoms with Crippen molar-refractivity contribution in [3.05, 3.63) is 29.8 Å². The van der Waals surface area contributed by atoms with E-state index in [4.69, 9.17) is 23.1 Å². The van der Waals surface area contributed by atoms with Crippen molar-refractivity contribution >= 4 is 28.8 Å². The molecule has 0 saturated heterocycles. The maximum Gasteiger partial charge on any atom is 0.226 e. The molecule has 0 aliphatic heterocycles. The molecule has 15 heavy (non-hydrogen) atoms. The van der Waals surface area contributed by atoms with Crippen molar-refractivity contribution in [1.82, 2.24) is 0 Å². The first-order valence-corrected chi connectivity index (χ1v) is 4.85. The average Bonchev–Trinajstić information content (AvgIpc) is 2.18. The summed E-state index contributed by atoms with van der Waals surface area (Å²) in [5.41, 5.74) is 6.78. The standard InChI is InChI=1S/C10H12N2O2S/c11-10(15)7-2-1-3-8(6-7)12-9(14)4-5-13/h1-3,6,13H,4-5H2,(H2,11,15)(H,12,14). The van der Waals surface area contributed by atoms with E-state index in [2.05, 4.69) is 5.32 Å². The number of hydrogen-bond donors (Lipinski definition) is 3. The van der Waals surface area contributed by atoms with Gasteiger partial charge in [0.2, 0.25) is 5.91 Å². The molecule has 5 heteroatoms. The Bertz CT molecular complexity index is 379. The molecule has 0 aliphatic rings. The smallest absolute Gasteiger partial charge is 0.226 e. The molecule has 4 N–H and O–H groups in total. The lowest BCUT2D eigenvalue weighted by Crippen LogP contribution is -2.14. The number of anilines is 1. The second-order valence-electron chi connectivity index (χ2n) is 2.97. The molecule has 1 aromatic rings. The largest absolute Gasteiger partial charge is 0.396 e. The summed E-state index contributed by atoms with van der Waals surface area (Å²) in [7, 11) is 0. The highest BCUT2D eigenvalue weighted by Crippen LogP contribution is 2.10. The molecule has 0 spiro atoms. The van der Waals surface area contributed by atoms with Gasteiger partial charge in [0.15, 0.2) is 0 Å². The van der Waals surface area contributed by atoms with Crippen molar-refractivity contribution in [2.24, 2.45) is 5.73 Å². The third-order valence-electron chi connectivity index (χ3n) is 1.77. The van der Waals surface area contributed by atoms with Gasteiger partial charge < -0.3 is 16.2 Å². The van der Waals surface area contributed by atoms with E-state index in [1.165, 1.54) is 0 Å². The van der Waals surface area contributed by atoms with E-state index in [-0.39, 0.29) is 23.9 Å². The summed E-state index contributed by atoms with van der Waals surface area (Å²) in [4.78, 5) is 11.4. The van der Waals surface area contributed by atoms with Gasteiger partial charge in [-0.3, -0.25) is 4.79 Å². The van der Waals surface area contributed by atoms with Crippen molar-refractivity contribution in [3.8, 4) is 0 Å². The number of carbonyl (C=O) groups excluding carboxylic acids is 1. The van der Waals surface area contributed by atoms with Crippen LogP contribution < -0.4 is 11.1 Å². The molecule has 80 valence electrons. The van der Waals surface area contributed by atoms with Gasteiger partial charge in [0, 0.05) is 11.3 Å². The number of amides is 1. The molecule has 0 aliphatic carbocycles. The summed E-state index contributed by atoms with van der Waals surface area (Å²) < 4.78 is 0. The lowest BCUT2D eigenvalue weighted by Gasteiger charge is -2.05. The summed E-state index contributed by atoms with van der Waals surface area (Å²) in [5, 5.41) is 11.2. The van der Waals surface area contributed by atoms with Gasteiger partial charge >= 0.3 is 0 Å². The van der Waals surface area contributed by atoms with Gasteiger partial charge in [-0.1, -0.05) is 24.4 Å². The number of rotatable bonds is 4. The zero-order chi connectivity index (χ0) is 11.3. The molecular weight excluding hydrogens is 212 g/mol. The second-order valence-corrected chi connectivity index (χ2v) is 3.41. The number of hydrogen-bond acceptors (Lipinski definition) is 3.